The minimum Gasteiger partial charge on any atom is -0.303 e. The molecular weight excluding hydrogens is 188 g/mol. The van der Waals surface area contributed by atoms with Crippen LogP contribution in [0.5, 0.6) is 0 Å². The molecule has 3 aliphatic rings. The van der Waals surface area contributed by atoms with Crippen molar-refractivity contribution in [3.05, 3.63) is 36.0 Å². The highest BCUT2D eigenvalue weighted by Crippen LogP contribution is 2.58. The molecule has 0 N–H and O–H groups in total. The first-order valence-corrected chi connectivity index (χ1v) is 5.30. The Morgan fingerprint density at radius 1 is 1.33 bits per heavy atom. The summed E-state index contributed by atoms with van der Waals surface area (Å²) in [5, 5.41) is 0. The standard InChI is InChI=1S/C13H12O2/c14-7-9-1-2-12-11(8-15)10-3-4-13(12,5-9)6-10/h1-5,7-8,10-12H,6H2. The largest absolute Gasteiger partial charge is 0.303 e. The maximum Gasteiger partial charge on any atom is 0.149 e. The zero-order chi connectivity index (χ0) is 10.5. The molecule has 76 valence electrons. The molecule has 0 aliphatic heterocycles. The molecule has 1 saturated carbocycles. The SMILES string of the molecule is O=CC1=CC23C=CC(C2)C(C=O)C3C=C1. The van der Waals surface area contributed by atoms with Crippen LogP contribution in [0.25, 0.3) is 0 Å². The highest BCUT2D eigenvalue weighted by molar-refractivity contribution is 5.79. The number of allylic oxidation sites excluding steroid dienone is 6. The Balaban J connectivity index is 2.08. The predicted octanol–water partition coefficient (Wildman–Crippen LogP) is 1.69. The number of aldehydes is 2. The summed E-state index contributed by atoms with van der Waals surface area (Å²) in [4.78, 5) is 21.8. The summed E-state index contributed by atoms with van der Waals surface area (Å²) in [5.74, 6) is 0.754. The van der Waals surface area contributed by atoms with E-state index in [0.717, 1.165) is 24.6 Å². The van der Waals surface area contributed by atoms with E-state index in [-0.39, 0.29) is 17.3 Å². The van der Waals surface area contributed by atoms with Gasteiger partial charge in [-0.3, -0.25) is 4.79 Å². The molecule has 0 amide bonds. The summed E-state index contributed by atoms with van der Waals surface area (Å²) in [6.45, 7) is 0. The number of hydrogen-bond acceptors (Lipinski definition) is 2. The highest BCUT2D eigenvalue weighted by atomic mass is 16.1. The maximum absolute atomic E-state index is 11.0. The fraction of sp³-hybridized carbons (Fsp3) is 0.385. The van der Waals surface area contributed by atoms with Crippen LogP contribution >= 0.6 is 0 Å². The molecule has 2 bridgehead atoms. The first kappa shape index (κ1) is 8.84. The van der Waals surface area contributed by atoms with Gasteiger partial charge in [-0.15, -0.1) is 0 Å². The number of rotatable bonds is 2. The van der Waals surface area contributed by atoms with Crippen molar-refractivity contribution in [1.29, 1.82) is 0 Å². The Hall–Kier alpha value is -1.44. The minimum absolute atomic E-state index is 0.0404. The van der Waals surface area contributed by atoms with Gasteiger partial charge >= 0.3 is 0 Å². The minimum atomic E-state index is -0.0404. The molecule has 0 aromatic rings. The molecule has 2 heteroatoms. The third kappa shape index (κ3) is 0.993. The van der Waals surface area contributed by atoms with E-state index in [0.29, 0.717) is 5.92 Å². The van der Waals surface area contributed by atoms with Gasteiger partial charge in [0.05, 0.1) is 0 Å². The van der Waals surface area contributed by atoms with E-state index in [1.807, 2.05) is 18.2 Å². The lowest BCUT2D eigenvalue weighted by atomic mass is 9.70. The Morgan fingerprint density at radius 2 is 2.20 bits per heavy atom. The van der Waals surface area contributed by atoms with E-state index < -0.39 is 0 Å². The van der Waals surface area contributed by atoms with Gasteiger partial charge in [0.15, 0.2) is 0 Å². The Bertz CT molecular complexity index is 416. The second-order valence-electron chi connectivity index (χ2n) is 4.70. The van der Waals surface area contributed by atoms with E-state index in [4.69, 9.17) is 0 Å². The van der Waals surface area contributed by atoms with Gasteiger partial charge in [0.25, 0.3) is 0 Å². The van der Waals surface area contributed by atoms with Crippen LogP contribution < -0.4 is 0 Å². The fourth-order valence-electron chi connectivity index (χ4n) is 3.33. The van der Waals surface area contributed by atoms with Gasteiger partial charge in [0.2, 0.25) is 0 Å². The van der Waals surface area contributed by atoms with Crippen LogP contribution in [0.4, 0.5) is 0 Å². The lowest BCUT2D eigenvalue weighted by Gasteiger charge is -2.32. The summed E-state index contributed by atoms with van der Waals surface area (Å²) in [6, 6.07) is 0. The molecule has 4 unspecified atom stereocenters. The van der Waals surface area contributed by atoms with E-state index in [1.165, 1.54) is 0 Å². The molecule has 0 saturated heterocycles. The second kappa shape index (κ2) is 2.78. The van der Waals surface area contributed by atoms with E-state index >= 15 is 0 Å². The number of fused-ring (bicyclic) bond motifs is 1. The van der Waals surface area contributed by atoms with Gasteiger partial charge in [-0.1, -0.05) is 30.4 Å². The van der Waals surface area contributed by atoms with Crippen LogP contribution in [0.2, 0.25) is 0 Å². The van der Waals surface area contributed by atoms with Crippen molar-refractivity contribution in [2.24, 2.45) is 23.2 Å². The molecule has 2 nitrogen and oxygen atoms in total. The van der Waals surface area contributed by atoms with Crippen molar-refractivity contribution in [3.63, 3.8) is 0 Å². The lowest BCUT2D eigenvalue weighted by molar-refractivity contribution is -0.112. The average molecular weight is 200 g/mol. The van der Waals surface area contributed by atoms with Gasteiger partial charge in [-0.05, 0) is 18.3 Å². The van der Waals surface area contributed by atoms with Crippen LogP contribution in [0, 0.1) is 23.2 Å². The molecule has 1 spiro atoms. The van der Waals surface area contributed by atoms with Crippen LogP contribution in [-0.4, -0.2) is 12.6 Å². The predicted molar refractivity (Wildman–Crippen MR) is 56.0 cm³/mol. The van der Waals surface area contributed by atoms with Crippen molar-refractivity contribution in [2.75, 3.05) is 0 Å². The maximum atomic E-state index is 11.0. The highest BCUT2D eigenvalue weighted by Gasteiger charge is 2.53. The lowest BCUT2D eigenvalue weighted by Crippen LogP contribution is -2.28. The topological polar surface area (TPSA) is 34.1 Å². The number of carbonyl (C=O) groups is 2. The Labute approximate surface area is 88.4 Å². The molecule has 15 heavy (non-hydrogen) atoms. The van der Waals surface area contributed by atoms with E-state index in [9.17, 15) is 9.59 Å². The van der Waals surface area contributed by atoms with Gasteiger partial charge in [-0.25, -0.2) is 0 Å². The molecule has 0 aromatic carbocycles. The first-order valence-electron chi connectivity index (χ1n) is 5.30. The first-order chi connectivity index (χ1) is 7.29. The molecule has 3 rings (SSSR count). The normalized spacial score (nSPS) is 45.1. The zero-order valence-corrected chi connectivity index (χ0v) is 8.30. The summed E-state index contributed by atoms with van der Waals surface area (Å²) < 4.78 is 0. The van der Waals surface area contributed by atoms with E-state index in [2.05, 4.69) is 12.2 Å². The number of hydrogen-bond donors (Lipinski definition) is 0. The number of carbonyl (C=O) groups excluding carboxylic acids is 2. The van der Waals surface area contributed by atoms with Gasteiger partial charge in [-0.2, -0.15) is 0 Å². The molecule has 3 aliphatic carbocycles. The molecule has 0 heterocycles. The monoisotopic (exact) mass is 200 g/mol. The summed E-state index contributed by atoms with van der Waals surface area (Å²) in [6.07, 6.45) is 13.2. The van der Waals surface area contributed by atoms with Gasteiger partial charge < -0.3 is 4.79 Å². The van der Waals surface area contributed by atoms with Crippen LogP contribution in [-0.2, 0) is 9.59 Å². The van der Waals surface area contributed by atoms with Crippen molar-refractivity contribution < 1.29 is 9.59 Å². The van der Waals surface area contributed by atoms with Crippen LogP contribution in [0.3, 0.4) is 0 Å². The molecule has 0 radical (unpaired) electrons. The van der Waals surface area contributed by atoms with Crippen molar-refractivity contribution >= 4 is 12.6 Å². The fourth-order valence-corrected chi connectivity index (χ4v) is 3.33. The second-order valence-corrected chi connectivity index (χ2v) is 4.70. The summed E-state index contributed by atoms with van der Waals surface area (Å²) in [5.41, 5.74) is 0.699. The third-order valence-corrected chi connectivity index (χ3v) is 4.00. The summed E-state index contributed by atoms with van der Waals surface area (Å²) in [7, 11) is 0. The van der Waals surface area contributed by atoms with Crippen molar-refractivity contribution in [1.82, 2.24) is 0 Å². The van der Waals surface area contributed by atoms with Crippen LogP contribution in [0.15, 0.2) is 36.0 Å². The van der Waals surface area contributed by atoms with Crippen molar-refractivity contribution in [3.8, 4) is 0 Å². The Morgan fingerprint density at radius 3 is 2.93 bits per heavy atom. The summed E-state index contributed by atoms with van der Waals surface area (Å²) >= 11 is 0. The molecule has 0 aromatic heterocycles. The zero-order valence-electron chi connectivity index (χ0n) is 8.30. The van der Waals surface area contributed by atoms with Crippen molar-refractivity contribution in [2.45, 2.75) is 6.42 Å². The van der Waals surface area contributed by atoms with Crippen LogP contribution in [0.1, 0.15) is 6.42 Å². The quantitative estimate of drug-likeness (QED) is 0.502. The average Bonchev–Trinajstić information content (AvgIpc) is 2.80. The molecular formula is C13H12O2. The molecule has 4 atom stereocenters. The smallest absolute Gasteiger partial charge is 0.149 e. The van der Waals surface area contributed by atoms with Gasteiger partial charge in [0, 0.05) is 16.9 Å². The third-order valence-electron chi connectivity index (χ3n) is 4.00. The molecule has 1 fully saturated rings. The van der Waals surface area contributed by atoms with Gasteiger partial charge in [0.1, 0.15) is 12.6 Å². The Kier molecular flexibility index (Phi) is 1.64. The van der Waals surface area contributed by atoms with E-state index in [1.54, 1.807) is 0 Å².